The van der Waals surface area contributed by atoms with Crippen LogP contribution in [0.25, 0.3) is 22.8 Å². The molecule has 0 radical (unpaired) electrons. The lowest BCUT2D eigenvalue weighted by molar-refractivity contribution is 0.305. The van der Waals surface area contributed by atoms with Crippen molar-refractivity contribution in [3.63, 3.8) is 0 Å². The lowest BCUT2D eigenvalue weighted by Gasteiger charge is -2.30. The van der Waals surface area contributed by atoms with Crippen LogP contribution in [-0.2, 0) is 12.8 Å². The molecule has 2 N–H and O–H groups in total. The molecule has 1 aliphatic carbocycles. The topological polar surface area (TPSA) is 75.6 Å². The smallest absolute Gasteiger partial charge is 0.0886 e. The summed E-state index contributed by atoms with van der Waals surface area (Å²) in [6, 6.07) is 21.9. The predicted octanol–water partition coefficient (Wildman–Crippen LogP) is 8.00. The number of nitrogens with one attached hydrogen (secondary N) is 2. The van der Waals surface area contributed by atoms with Gasteiger partial charge in [0.05, 0.1) is 22.8 Å². The molecule has 0 unspecified atom stereocenters. The Morgan fingerprint density at radius 3 is 1.27 bits per heavy atom. The Hall–Kier alpha value is -3.48. The first kappa shape index (κ1) is 31.9. The van der Waals surface area contributed by atoms with Crippen molar-refractivity contribution in [2.75, 3.05) is 13.1 Å². The van der Waals surface area contributed by atoms with Crippen molar-refractivity contribution in [1.82, 2.24) is 30.6 Å². The molecule has 5 rings (SSSR count). The van der Waals surface area contributed by atoms with Gasteiger partial charge in [-0.3, -0.25) is 19.9 Å². The van der Waals surface area contributed by atoms with Crippen molar-refractivity contribution in [3.8, 4) is 22.8 Å². The molecule has 0 amide bonds. The number of rotatable bonds is 18. The maximum atomic E-state index is 4.60. The fourth-order valence-electron chi connectivity index (χ4n) is 6.21. The summed E-state index contributed by atoms with van der Waals surface area (Å²) in [5.41, 5.74) is 6.42. The minimum absolute atomic E-state index is 0.712. The molecule has 4 aromatic rings. The van der Waals surface area contributed by atoms with Gasteiger partial charge in [0.1, 0.15) is 0 Å². The molecule has 4 heterocycles. The zero-order chi connectivity index (χ0) is 30.1. The van der Waals surface area contributed by atoms with E-state index < -0.39 is 0 Å². The van der Waals surface area contributed by atoms with Crippen LogP contribution in [0.1, 0.15) is 88.2 Å². The summed E-state index contributed by atoms with van der Waals surface area (Å²) in [7, 11) is 0. The molecule has 0 spiro atoms. The third kappa shape index (κ3) is 10.9. The van der Waals surface area contributed by atoms with Gasteiger partial charge in [-0.05, 0) is 125 Å². The van der Waals surface area contributed by atoms with Gasteiger partial charge < -0.3 is 10.6 Å². The monoisotopic (exact) mass is 590 g/mol. The largest absolute Gasteiger partial charge is 0.314 e. The maximum Gasteiger partial charge on any atom is 0.0886 e. The minimum Gasteiger partial charge on any atom is -0.314 e. The average Bonchev–Trinajstić information content (AvgIpc) is 3.09. The highest BCUT2D eigenvalue weighted by Gasteiger charge is 2.19. The first-order chi connectivity index (χ1) is 21.8. The third-order valence-electron chi connectivity index (χ3n) is 8.88. The lowest BCUT2D eigenvalue weighted by Crippen LogP contribution is -2.40. The lowest BCUT2D eigenvalue weighted by atomic mass is 9.91. The maximum absolute atomic E-state index is 4.60. The van der Waals surface area contributed by atoms with E-state index in [0.29, 0.717) is 12.1 Å². The molecule has 44 heavy (non-hydrogen) atoms. The van der Waals surface area contributed by atoms with E-state index in [4.69, 9.17) is 0 Å². The Labute approximate surface area is 264 Å². The average molecular weight is 591 g/mol. The minimum atomic E-state index is 0.712. The fraction of sp³-hybridized carbons (Fsp3) is 0.474. The Morgan fingerprint density at radius 1 is 0.455 bits per heavy atom. The zero-order valence-electron chi connectivity index (χ0n) is 26.3. The van der Waals surface area contributed by atoms with Gasteiger partial charge >= 0.3 is 0 Å². The highest BCUT2D eigenvalue weighted by atomic mass is 14.9. The highest BCUT2D eigenvalue weighted by molar-refractivity contribution is 5.54. The molecule has 0 saturated heterocycles. The summed E-state index contributed by atoms with van der Waals surface area (Å²) in [5.74, 6) is 0. The van der Waals surface area contributed by atoms with Crippen LogP contribution < -0.4 is 10.6 Å². The van der Waals surface area contributed by atoms with Crippen LogP contribution in [-0.4, -0.2) is 45.1 Å². The van der Waals surface area contributed by atoms with E-state index in [1.807, 2.05) is 61.2 Å². The van der Waals surface area contributed by atoms with Crippen LogP contribution >= 0.6 is 0 Å². The van der Waals surface area contributed by atoms with Gasteiger partial charge in [0.2, 0.25) is 0 Å². The summed E-state index contributed by atoms with van der Waals surface area (Å²) in [4.78, 5) is 18.0. The van der Waals surface area contributed by atoms with Gasteiger partial charge in [0.25, 0.3) is 0 Å². The Bertz CT molecular complexity index is 1200. The number of aryl methyl sites for hydroxylation is 2. The van der Waals surface area contributed by atoms with Crippen molar-refractivity contribution < 1.29 is 0 Å². The van der Waals surface area contributed by atoms with Gasteiger partial charge in [-0.25, -0.2) is 0 Å². The molecule has 0 aliphatic heterocycles. The molecule has 0 bridgehead atoms. The van der Waals surface area contributed by atoms with Crippen LogP contribution in [0.4, 0.5) is 0 Å². The Balaban J connectivity index is 0.818. The van der Waals surface area contributed by atoms with Gasteiger partial charge in [0, 0.05) is 36.9 Å². The van der Waals surface area contributed by atoms with Crippen molar-refractivity contribution in [3.05, 3.63) is 96.6 Å². The second kappa shape index (κ2) is 18.4. The number of pyridine rings is 4. The Morgan fingerprint density at radius 2 is 0.886 bits per heavy atom. The van der Waals surface area contributed by atoms with E-state index in [-0.39, 0.29) is 0 Å². The first-order valence-corrected chi connectivity index (χ1v) is 17.0. The second-order valence-electron chi connectivity index (χ2n) is 12.3. The predicted molar refractivity (Wildman–Crippen MR) is 181 cm³/mol. The molecule has 0 atom stereocenters. The second-order valence-corrected chi connectivity index (χ2v) is 12.3. The number of nitrogens with zero attached hydrogens (tertiary/aromatic N) is 4. The molecular weight excluding hydrogens is 540 g/mol. The van der Waals surface area contributed by atoms with Crippen molar-refractivity contribution in [2.45, 2.75) is 102 Å². The molecule has 1 saturated carbocycles. The normalized spacial score (nSPS) is 16.6. The van der Waals surface area contributed by atoms with E-state index in [9.17, 15) is 0 Å². The van der Waals surface area contributed by atoms with Gasteiger partial charge in [-0.15, -0.1) is 0 Å². The molecule has 232 valence electrons. The molecule has 1 aliphatic rings. The van der Waals surface area contributed by atoms with E-state index in [2.05, 4.69) is 54.8 Å². The SMILES string of the molecule is c1ccc(-c2ccc(CCCCCCNC3CCC(NCCCCCCc4ccc(-c5ccccn5)nc4)CC3)cn2)nc1. The van der Waals surface area contributed by atoms with Crippen molar-refractivity contribution in [1.29, 1.82) is 0 Å². The first-order valence-electron chi connectivity index (χ1n) is 17.0. The quantitative estimate of drug-likeness (QED) is 0.114. The standard InChI is InChI=1S/C38H50N6/c1(5-13-31-17-23-37(43-29-31)35-15-7-11-27-41-35)3-9-25-39-33-19-21-34(22-20-33)40-26-10-4-2-6-14-32-18-24-38(44-30-32)36-16-8-12-28-42-36/h7-8,11-12,15-18,23-24,27-30,33-34,39-40H,1-6,9-10,13-14,19-22,25-26H2. The van der Waals surface area contributed by atoms with Crippen LogP contribution in [0, 0.1) is 0 Å². The number of hydrogen-bond acceptors (Lipinski definition) is 6. The van der Waals surface area contributed by atoms with Crippen LogP contribution in [0.5, 0.6) is 0 Å². The van der Waals surface area contributed by atoms with E-state index >= 15 is 0 Å². The molecular formula is C38H50N6. The van der Waals surface area contributed by atoms with Gasteiger partial charge in [-0.1, -0.05) is 49.9 Å². The van der Waals surface area contributed by atoms with E-state index in [1.54, 1.807) is 0 Å². The third-order valence-corrected chi connectivity index (χ3v) is 8.88. The summed E-state index contributed by atoms with van der Waals surface area (Å²) >= 11 is 0. The van der Waals surface area contributed by atoms with E-state index in [1.165, 1.54) is 88.2 Å². The van der Waals surface area contributed by atoms with Gasteiger partial charge in [0.15, 0.2) is 0 Å². The number of hydrogen-bond donors (Lipinski definition) is 2. The van der Waals surface area contributed by atoms with Crippen LogP contribution in [0.2, 0.25) is 0 Å². The summed E-state index contributed by atoms with van der Waals surface area (Å²) in [6.45, 7) is 2.32. The van der Waals surface area contributed by atoms with Crippen molar-refractivity contribution in [2.24, 2.45) is 0 Å². The number of aromatic nitrogens is 4. The molecule has 1 fully saturated rings. The fourth-order valence-corrected chi connectivity index (χ4v) is 6.21. The molecule has 0 aromatic carbocycles. The summed E-state index contributed by atoms with van der Waals surface area (Å²) < 4.78 is 0. The van der Waals surface area contributed by atoms with Crippen LogP contribution in [0.15, 0.2) is 85.5 Å². The molecule has 4 aromatic heterocycles. The summed E-state index contributed by atoms with van der Waals surface area (Å²) in [6.07, 6.45) is 25.4. The summed E-state index contributed by atoms with van der Waals surface area (Å²) in [5, 5.41) is 7.67. The molecule has 6 nitrogen and oxygen atoms in total. The number of unbranched alkanes of at least 4 members (excludes halogenated alkanes) is 6. The van der Waals surface area contributed by atoms with Crippen LogP contribution in [0.3, 0.4) is 0 Å². The Kier molecular flexibility index (Phi) is 13.3. The highest BCUT2D eigenvalue weighted by Crippen LogP contribution is 2.20. The molecule has 6 heteroatoms. The van der Waals surface area contributed by atoms with E-state index in [0.717, 1.165) is 48.7 Å². The van der Waals surface area contributed by atoms with Gasteiger partial charge in [-0.2, -0.15) is 0 Å². The zero-order valence-corrected chi connectivity index (χ0v) is 26.3. The van der Waals surface area contributed by atoms with Crippen molar-refractivity contribution >= 4 is 0 Å².